The van der Waals surface area contributed by atoms with E-state index in [4.69, 9.17) is 9.47 Å². The fraction of sp³-hybridized carbons (Fsp3) is 0.444. The van der Waals surface area contributed by atoms with Crippen molar-refractivity contribution >= 4 is 8.07 Å². The summed E-state index contributed by atoms with van der Waals surface area (Å²) in [5, 5.41) is 1.46. The quantitative estimate of drug-likeness (QED) is 0.423. The first-order valence-corrected chi connectivity index (χ1v) is 11.1. The molecule has 2 rings (SSSR count). The van der Waals surface area contributed by atoms with Crippen molar-refractivity contribution in [1.29, 1.82) is 0 Å². The van der Waals surface area contributed by atoms with Crippen LogP contribution in [0, 0.1) is 0 Å². The zero-order valence-corrected chi connectivity index (χ0v) is 14.3. The average molecular weight is 302 g/mol. The second-order valence-corrected chi connectivity index (χ2v) is 11.6. The molecule has 1 aromatic carbocycles. The maximum Gasteiger partial charge on any atom is 0.0938 e. The van der Waals surface area contributed by atoms with Crippen molar-refractivity contribution in [2.45, 2.75) is 44.9 Å². The van der Waals surface area contributed by atoms with Crippen LogP contribution >= 0.6 is 0 Å². The topological polar surface area (TPSA) is 18.5 Å². The van der Waals surface area contributed by atoms with Crippen LogP contribution in [0.4, 0.5) is 0 Å². The van der Waals surface area contributed by atoms with Crippen LogP contribution in [0.3, 0.4) is 0 Å². The van der Waals surface area contributed by atoms with E-state index in [2.05, 4.69) is 44.4 Å². The Labute approximate surface area is 129 Å². The molecule has 0 aliphatic carbocycles. The van der Waals surface area contributed by atoms with Crippen LogP contribution in [0.1, 0.15) is 12.0 Å². The first-order valence-electron chi connectivity index (χ1n) is 7.62. The zero-order valence-electron chi connectivity index (χ0n) is 13.3. The second kappa shape index (κ2) is 7.21. The van der Waals surface area contributed by atoms with E-state index in [0.29, 0.717) is 6.61 Å². The van der Waals surface area contributed by atoms with Gasteiger partial charge in [-0.05, 0) is 5.56 Å². The smallest absolute Gasteiger partial charge is 0.0938 e. The molecule has 0 fully saturated rings. The maximum atomic E-state index is 6.05. The highest BCUT2D eigenvalue weighted by atomic mass is 28.3. The molecule has 1 heterocycles. The van der Waals surface area contributed by atoms with Gasteiger partial charge in [0.15, 0.2) is 0 Å². The number of hydrogen-bond acceptors (Lipinski definition) is 2. The summed E-state index contributed by atoms with van der Waals surface area (Å²) in [4.78, 5) is 0. The van der Waals surface area contributed by atoms with Crippen LogP contribution in [-0.4, -0.2) is 26.9 Å². The number of benzene rings is 1. The summed E-state index contributed by atoms with van der Waals surface area (Å²) in [6.45, 7) is 12.4. The molecule has 0 unspecified atom stereocenters. The SMILES string of the molecule is C=C[C@@H]1O[C@@H](CCOCc2ccccc2)C=C1[Si](C)(C)C. The summed E-state index contributed by atoms with van der Waals surface area (Å²) in [6.07, 6.45) is 5.42. The molecule has 114 valence electrons. The number of hydrogen-bond donors (Lipinski definition) is 0. The van der Waals surface area contributed by atoms with Crippen molar-refractivity contribution in [3.63, 3.8) is 0 Å². The van der Waals surface area contributed by atoms with E-state index in [-0.39, 0.29) is 12.2 Å². The Morgan fingerprint density at radius 3 is 2.52 bits per heavy atom. The van der Waals surface area contributed by atoms with Gasteiger partial charge < -0.3 is 9.47 Å². The number of rotatable bonds is 7. The summed E-state index contributed by atoms with van der Waals surface area (Å²) in [5.74, 6) is 0. The van der Waals surface area contributed by atoms with Crippen LogP contribution < -0.4 is 0 Å². The molecule has 0 radical (unpaired) electrons. The largest absolute Gasteiger partial charge is 0.377 e. The third kappa shape index (κ3) is 4.66. The van der Waals surface area contributed by atoms with Crippen LogP contribution in [0.15, 0.2) is 54.3 Å². The minimum atomic E-state index is -1.33. The second-order valence-electron chi connectivity index (χ2n) is 6.53. The van der Waals surface area contributed by atoms with E-state index >= 15 is 0 Å². The van der Waals surface area contributed by atoms with Gasteiger partial charge in [0.25, 0.3) is 0 Å². The zero-order chi connectivity index (χ0) is 15.3. The Balaban J connectivity index is 1.79. The highest BCUT2D eigenvalue weighted by Gasteiger charge is 2.32. The highest BCUT2D eigenvalue weighted by molar-refractivity contribution is 6.83. The standard InChI is InChI=1S/C18H26O2Si/c1-5-17-18(21(2,3)4)13-16(20-17)11-12-19-14-15-9-7-6-8-10-15/h5-10,13,16-17H,1,11-12,14H2,2-4H3/t16-,17-/m0/s1. The first-order chi connectivity index (χ1) is 10.0. The summed E-state index contributed by atoms with van der Waals surface area (Å²) >= 11 is 0. The fourth-order valence-corrected chi connectivity index (χ4v) is 4.30. The van der Waals surface area contributed by atoms with E-state index in [1.165, 1.54) is 10.8 Å². The van der Waals surface area contributed by atoms with Crippen LogP contribution in [0.2, 0.25) is 19.6 Å². The molecule has 0 amide bonds. The number of ether oxygens (including phenoxy) is 2. The van der Waals surface area contributed by atoms with Crippen molar-refractivity contribution in [2.24, 2.45) is 0 Å². The van der Waals surface area contributed by atoms with E-state index in [0.717, 1.165) is 13.0 Å². The van der Waals surface area contributed by atoms with Gasteiger partial charge in [-0.15, -0.1) is 6.58 Å². The Bertz CT molecular complexity index is 488. The molecule has 0 N–H and O–H groups in total. The van der Waals surface area contributed by atoms with Crippen molar-refractivity contribution < 1.29 is 9.47 Å². The molecule has 0 saturated heterocycles. The third-order valence-corrected chi connectivity index (χ3v) is 5.91. The molecular weight excluding hydrogens is 276 g/mol. The van der Waals surface area contributed by atoms with Gasteiger partial charge in [-0.2, -0.15) is 0 Å². The summed E-state index contributed by atoms with van der Waals surface area (Å²) in [5.41, 5.74) is 1.21. The molecule has 2 atom stereocenters. The molecule has 0 aromatic heterocycles. The summed E-state index contributed by atoms with van der Waals surface area (Å²) in [6, 6.07) is 10.3. The third-order valence-electron chi connectivity index (χ3n) is 3.73. The predicted molar refractivity (Wildman–Crippen MR) is 91.0 cm³/mol. The molecule has 2 nitrogen and oxygen atoms in total. The van der Waals surface area contributed by atoms with Crippen LogP contribution in [0.25, 0.3) is 0 Å². The summed E-state index contributed by atoms with van der Waals surface area (Å²) < 4.78 is 11.8. The van der Waals surface area contributed by atoms with Gasteiger partial charge in [0, 0.05) is 13.0 Å². The molecule has 3 heteroatoms. The molecule has 0 saturated carbocycles. The van der Waals surface area contributed by atoms with Crippen molar-refractivity contribution in [3.05, 3.63) is 59.8 Å². The molecule has 1 aliphatic heterocycles. The van der Waals surface area contributed by atoms with Crippen molar-refractivity contribution in [1.82, 2.24) is 0 Å². The highest BCUT2D eigenvalue weighted by Crippen LogP contribution is 2.30. The lowest BCUT2D eigenvalue weighted by Crippen LogP contribution is -2.29. The first kappa shape index (κ1) is 16.2. The van der Waals surface area contributed by atoms with E-state index in [9.17, 15) is 0 Å². The molecule has 1 aliphatic rings. The molecule has 0 bridgehead atoms. The van der Waals surface area contributed by atoms with Gasteiger partial charge in [0.1, 0.15) is 0 Å². The average Bonchev–Trinajstić information content (AvgIpc) is 2.88. The fourth-order valence-electron chi connectivity index (χ4n) is 2.57. The van der Waals surface area contributed by atoms with E-state index < -0.39 is 8.07 Å². The van der Waals surface area contributed by atoms with Gasteiger partial charge >= 0.3 is 0 Å². The minimum absolute atomic E-state index is 0.107. The lowest BCUT2D eigenvalue weighted by Gasteiger charge is -2.22. The minimum Gasteiger partial charge on any atom is -0.377 e. The van der Waals surface area contributed by atoms with Gasteiger partial charge in [0.05, 0.1) is 26.9 Å². The lowest BCUT2D eigenvalue weighted by atomic mass is 10.2. The van der Waals surface area contributed by atoms with Gasteiger partial charge in [0.2, 0.25) is 0 Å². The predicted octanol–water partition coefficient (Wildman–Crippen LogP) is 4.35. The van der Waals surface area contributed by atoms with E-state index in [1.54, 1.807) is 0 Å². The normalized spacial score (nSPS) is 22.1. The monoisotopic (exact) mass is 302 g/mol. The van der Waals surface area contributed by atoms with Crippen molar-refractivity contribution in [3.8, 4) is 0 Å². The van der Waals surface area contributed by atoms with Crippen LogP contribution in [0.5, 0.6) is 0 Å². The molecule has 1 aromatic rings. The lowest BCUT2D eigenvalue weighted by molar-refractivity contribution is 0.0433. The Hall–Kier alpha value is -1.16. The van der Waals surface area contributed by atoms with Gasteiger partial charge in [-0.25, -0.2) is 0 Å². The van der Waals surface area contributed by atoms with Crippen LogP contribution in [-0.2, 0) is 16.1 Å². The summed E-state index contributed by atoms with van der Waals surface area (Å²) in [7, 11) is -1.33. The molecule has 21 heavy (non-hydrogen) atoms. The maximum absolute atomic E-state index is 6.05. The van der Waals surface area contributed by atoms with E-state index in [1.807, 2.05) is 24.3 Å². The molecular formula is C18H26O2Si. The van der Waals surface area contributed by atoms with Gasteiger partial charge in [-0.3, -0.25) is 0 Å². The Morgan fingerprint density at radius 1 is 1.24 bits per heavy atom. The Morgan fingerprint density at radius 2 is 1.95 bits per heavy atom. The van der Waals surface area contributed by atoms with Crippen molar-refractivity contribution in [2.75, 3.05) is 6.61 Å². The molecule has 0 spiro atoms. The van der Waals surface area contributed by atoms with Gasteiger partial charge in [-0.1, -0.05) is 67.3 Å². The Kier molecular flexibility index (Phi) is 5.56.